The maximum absolute atomic E-state index is 9.27. The molecule has 2 aromatic carbocycles. The molecule has 0 aliphatic carbocycles. The van der Waals surface area contributed by atoms with E-state index in [-0.39, 0.29) is 5.69 Å². The zero-order chi connectivity index (χ0) is 19.1. The number of nitriles is 1. The molecule has 0 saturated heterocycles. The van der Waals surface area contributed by atoms with E-state index >= 15 is 0 Å². The number of anilines is 1. The zero-order valence-corrected chi connectivity index (χ0v) is 15.1. The summed E-state index contributed by atoms with van der Waals surface area (Å²) in [4.78, 5) is 4.20. The largest absolute Gasteiger partial charge is 0.493 e. The number of hydrogen-bond donors (Lipinski definition) is 1. The highest BCUT2D eigenvalue weighted by Gasteiger charge is 2.11. The van der Waals surface area contributed by atoms with Crippen molar-refractivity contribution in [3.63, 3.8) is 0 Å². The quantitative estimate of drug-likeness (QED) is 0.674. The van der Waals surface area contributed by atoms with Crippen LogP contribution in [-0.4, -0.2) is 19.2 Å². The molecule has 3 rings (SSSR count). The van der Waals surface area contributed by atoms with Gasteiger partial charge in [0.15, 0.2) is 11.5 Å². The van der Waals surface area contributed by atoms with Crippen molar-refractivity contribution >= 4 is 18.0 Å². The first kappa shape index (κ1) is 18.1. The Morgan fingerprint density at radius 3 is 2.56 bits per heavy atom. The molecule has 3 aromatic rings. The second kappa shape index (κ2) is 8.59. The molecular formula is C21H19N3O3. The minimum Gasteiger partial charge on any atom is -0.493 e. The van der Waals surface area contributed by atoms with Crippen molar-refractivity contribution in [1.82, 2.24) is 4.98 Å². The maximum atomic E-state index is 9.27. The van der Waals surface area contributed by atoms with Gasteiger partial charge in [-0.3, -0.25) is 0 Å². The molecule has 1 heterocycles. The molecule has 27 heavy (non-hydrogen) atoms. The van der Waals surface area contributed by atoms with E-state index in [1.165, 1.54) is 0 Å². The molecule has 0 bridgehead atoms. The van der Waals surface area contributed by atoms with Crippen LogP contribution >= 0.6 is 0 Å². The molecule has 0 atom stereocenters. The molecular weight excluding hydrogens is 342 g/mol. The Morgan fingerprint density at radius 2 is 1.85 bits per heavy atom. The Hall–Kier alpha value is -3.72. The second-order valence-corrected chi connectivity index (χ2v) is 5.63. The third-order valence-corrected chi connectivity index (χ3v) is 3.87. The van der Waals surface area contributed by atoms with Crippen LogP contribution in [0.15, 0.2) is 52.9 Å². The van der Waals surface area contributed by atoms with Crippen molar-refractivity contribution in [2.45, 2.75) is 6.54 Å². The van der Waals surface area contributed by atoms with Gasteiger partial charge in [0, 0.05) is 12.6 Å². The Balaban J connectivity index is 1.75. The van der Waals surface area contributed by atoms with E-state index in [4.69, 9.17) is 13.9 Å². The van der Waals surface area contributed by atoms with Gasteiger partial charge in [0.1, 0.15) is 6.07 Å². The van der Waals surface area contributed by atoms with Crippen LogP contribution in [0.4, 0.5) is 5.88 Å². The van der Waals surface area contributed by atoms with Crippen molar-refractivity contribution in [2.24, 2.45) is 0 Å². The fourth-order valence-electron chi connectivity index (χ4n) is 2.51. The van der Waals surface area contributed by atoms with Crippen LogP contribution in [0.2, 0.25) is 0 Å². The number of aromatic nitrogens is 1. The van der Waals surface area contributed by atoms with Crippen LogP contribution in [0.3, 0.4) is 0 Å². The summed E-state index contributed by atoms with van der Waals surface area (Å²) in [5.41, 5.74) is 2.20. The Labute approximate surface area is 157 Å². The van der Waals surface area contributed by atoms with Gasteiger partial charge in [-0.1, -0.05) is 36.4 Å². The maximum Gasteiger partial charge on any atom is 0.232 e. The Bertz CT molecular complexity index is 972. The summed E-state index contributed by atoms with van der Waals surface area (Å²) in [5, 5.41) is 12.4. The summed E-state index contributed by atoms with van der Waals surface area (Å²) in [6, 6.07) is 17.5. The lowest BCUT2D eigenvalue weighted by molar-refractivity contribution is 0.355. The van der Waals surface area contributed by atoms with Crippen molar-refractivity contribution in [2.75, 3.05) is 19.5 Å². The van der Waals surface area contributed by atoms with Crippen LogP contribution in [0.5, 0.6) is 11.5 Å². The molecule has 6 nitrogen and oxygen atoms in total. The third-order valence-electron chi connectivity index (χ3n) is 3.87. The Morgan fingerprint density at radius 1 is 1.07 bits per heavy atom. The van der Waals surface area contributed by atoms with Gasteiger partial charge in [-0.05, 0) is 29.3 Å². The summed E-state index contributed by atoms with van der Waals surface area (Å²) in [6.07, 6.45) is 3.53. The van der Waals surface area contributed by atoms with Crippen LogP contribution < -0.4 is 14.8 Å². The standard InChI is InChI=1S/C21H19N3O3/c1-25-18-10-8-15(12-19(18)26-2)9-11-20-24-17(13-22)21(27-20)23-14-16-6-4-3-5-7-16/h3-12,23H,14H2,1-2H3. The molecule has 1 aromatic heterocycles. The number of benzene rings is 2. The summed E-state index contributed by atoms with van der Waals surface area (Å²) in [5.74, 6) is 1.99. The molecule has 136 valence electrons. The fourth-order valence-corrected chi connectivity index (χ4v) is 2.51. The van der Waals surface area contributed by atoms with Crippen LogP contribution in [0.25, 0.3) is 12.2 Å². The normalized spacial score (nSPS) is 10.6. The monoisotopic (exact) mass is 361 g/mol. The molecule has 0 aliphatic heterocycles. The number of ether oxygens (including phenoxy) is 2. The highest BCUT2D eigenvalue weighted by Crippen LogP contribution is 2.28. The molecule has 0 fully saturated rings. The van der Waals surface area contributed by atoms with E-state index < -0.39 is 0 Å². The summed E-state index contributed by atoms with van der Waals surface area (Å²) >= 11 is 0. The minimum absolute atomic E-state index is 0.220. The second-order valence-electron chi connectivity index (χ2n) is 5.63. The van der Waals surface area contributed by atoms with E-state index in [0.29, 0.717) is 29.8 Å². The molecule has 0 radical (unpaired) electrons. The predicted molar refractivity (Wildman–Crippen MR) is 103 cm³/mol. The molecule has 0 unspecified atom stereocenters. The highest BCUT2D eigenvalue weighted by molar-refractivity contribution is 5.68. The van der Waals surface area contributed by atoms with Crippen LogP contribution in [-0.2, 0) is 6.54 Å². The van der Waals surface area contributed by atoms with Crippen LogP contribution in [0.1, 0.15) is 22.7 Å². The summed E-state index contributed by atoms with van der Waals surface area (Å²) < 4.78 is 16.2. The minimum atomic E-state index is 0.220. The highest BCUT2D eigenvalue weighted by atomic mass is 16.5. The number of methoxy groups -OCH3 is 2. The average Bonchev–Trinajstić information content (AvgIpc) is 3.13. The number of oxazole rings is 1. The van der Waals surface area contributed by atoms with E-state index in [1.54, 1.807) is 20.3 Å². The van der Waals surface area contributed by atoms with Crippen molar-refractivity contribution in [1.29, 1.82) is 5.26 Å². The van der Waals surface area contributed by atoms with Gasteiger partial charge in [0.05, 0.1) is 14.2 Å². The van der Waals surface area contributed by atoms with Gasteiger partial charge in [0.2, 0.25) is 17.5 Å². The first-order valence-electron chi connectivity index (χ1n) is 8.32. The summed E-state index contributed by atoms with van der Waals surface area (Å²) in [7, 11) is 3.18. The molecule has 0 aliphatic rings. The molecule has 0 spiro atoms. The van der Waals surface area contributed by atoms with E-state index in [1.807, 2.05) is 60.7 Å². The van der Waals surface area contributed by atoms with E-state index in [9.17, 15) is 5.26 Å². The zero-order valence-electron chi connectivity index (χ0n) is 15.1. The van der Waals surface area contributed by atoms with Gasteiger partial charge in [-0.15, -0.1) is 0 Å². The number of nitrogens with one attached hydrogen (secondary N) is 1. The third kappa shape index (κ3) is 4.47. The number of nitrogens with zero attached hydrogens (tertiary/aromatic N) is 2. The van der Waals surface area contributed by atoms with Gasteiger partial charge < -0.3 is 19.2 Å². The van der Waals surface area contributed by atoms with Gasteiger partial charge in [0.25, 0.3) is 0 Å². The van der Waals surface area contributed by atoms with E-state index in [2.05, 4.69) is 10.3 Å². The van der Waals surface area contributed by atoms with E-state index in [0.717, 1.165) is 11.1 Å². The van der Waals surface area contributed by atoms with Crippen molar-refractivity contribution in [3.8, 4) is 17.6 Å². The van der Waals surface area contributed by atoms with Gasteiger partial charge in [-0.25, -0.2) is 0 Å². The molecule has 0 amide bonds. The average molecular weight is 361 g/mol. The Kier molecular flexibility index (Phi) is 5.75. The van der Waals surface area contributed by atoms with Gasteiger partial charge in [-0.2, -0.15) is 10.2 Å². The lowest BCUT2D eigenvalue weighted by Gasteiger charge is -2.07. The molecule has 6 heteroatoms. The summed E-state index contributed by atoms with van der Waals surface area (Å²) in [6.45, 7) is 0.545. The lowest BCUT2D eigenvalue weighted by Crippen LogP contribution is -1.99. The van der Waals surface area contributed by atoms with Crippen LogP contribution in [0, 0.1) is 11.3 Å². The van der Waals surface area contributed by atoms with Crippen molar-refractivity contribution < 1.29 is 13.9 Å². The van der Waals surface area contributed by atoms with Crippen molar-refractivity contribution in [3.05, 3.63) is 71.2 Å². The first-order valence-corrected chi connectivity index (χ1v) is 8.32. The topological polar surface area (TPSA) is 80.3 Å². The number of hydrogen-bond acceptors (Lipinski definition) is 6. The molecule has 0 saturated carbocycles. The van der Waals surface area contributed by atoms with Gasteiger partial charge >= 0.3 is 0 Å². The SMILES string of the molecule is COc1ccc(C=Cc2nc(C#N)c(NCc3ccccc3)o2)cc1OC. The lowest BCUT2D eigenvalue weighted by atomic mass is 10.2. The molecule has 1 N–H and O–H groups in total. The number of rotatable bonds is 7. The first-order chi connectivity index (χ1) is 13.2. The smallest absolute Gasteiger partial charge is 0.232 e. The fraction of sp³-hybridized carbons (Fsp3) is 0.143. The predicted octanol–water partition coefficient (Wildman–Crippen LogP) is 4.35.